The van der Waals surface area contributed by atoms with Gasteiger partial charge in [-0.05, 0) is 20.3 Å². The monoisotopic (exact) mass is 188 g/mol. The van der Waals surface area contributed by atoms with Gasteiger partial charge in [0.05, 0.1) is 6.10 Å². The second kappa shape index (κ2) is 3.74. The molecule has 0 aliphatic carbocycles. The summed E-state index contributed by atoms with van der Waals surface area (Å²) < 4.78 is 10.4. The predicted molar refractivity (Wildman–Crippen MR) is 46.2 cm³/mol. The Balaban J connectivity index is 2.65. The molecule has 76 valence electrons. The summed E-state index contributed by atoms with van der Waals surface area (Å²) in [6.45, 7) is 5.29. The number of aliphatic hydroxyl groups is 1. The zero-order valence-corrected chi connectivity index (χ0v) is 8.24. The number of rotatable bonds is 2. The molecule has 0 spiro atoms. The number of ether oxygens (including phenoxy) is 2. The molecule has 0 aromatic rings. The molecule has 1 unspecified atom stereocenters. The summed E-state index contributed by atoms with van der Waals surface area (Å²) in [5.41, 5.74) is 0. The number of hydrogen-bond acceptors (Lipinski definition) is 4. The van der Waals surface area contributed by atoms with Crippen LogP contribution >= 0.6 is 0 Å². The Morgan fingerprint density at radius 3 is 2.85 bits per heavy atom. The largest absolute Gasteiger partial charge is 0.390 e. The lowest BCUT2D eigenvalue weighted by atomic mass is 10.1. The zero-order chi connectivity index (χ0) is 10.1. The maximum absolute atomic E-state index is 11.3. The molecule has 0 radical (unpaired) electrons. The van der Waals surface area contributed by atoms with E-state index in [2.05, 4.69) is 0 Å². The molecule has 0 saturated carbocycles. The molecule has 1 rings (SSSR count). The maximum Gasteiger partial charge on any atom is 0.190 e. The van der Waals surface area contributed by atoms with Crippen molar-refractivity contribution in [3.63, 3.8) is 0 Å². The van der Waals surface area contributed by atoms with Crippen LogP contribution in [0.3, 0.4) is 0 Å². The molecule has 0 aromatic carbocycles. The normalized spacial score (nSPS) is 30.2. The van der Waals surface area contributed by atoms with Gasteiger partial charge in [0, 0.05) is 0 Å². The van der Waals surface area contributed by atoms with Crippen LogP contribution in [0, 0.1) is 0 Å². The van der Waals surface area contributed by atoms with Gasteiger partial charge in [-0.3, -0.25) is 4.79 Å². The summed E-state index contributed by atoms with van der Waals surface area (Å²) in [5, 5.41) is 9.48. The highest BCUT2D eigenvalue weighted by Gasteiger charge is 2.38. The fourth-order valence-electron chi connectivity index (χ4n) is 1.24. The van der Waals surface area contributed by atoms with E-state index in [1.54, 1.807) is 13.8 Å². The number of carbonyl (C=O) groups excluding carboxylic acids is 1. The van der Waals surface area contributed by atoms with Crippen LogP contribution in [0.15, 0.2) is 0 Å². The van der Waals surface area contributed by atoms with Crippen LogP contribution in [0.4, 0.5) is 0 Å². The van der Waals surface area contributed by atoms with E-state index in [0.717, 1.165) is 0 Å². The molecule has 13 heavy (non-hydrogen) atoms. The Morgan fingerprint density at radius 1 is 1.69 bits per heavy atom. The molecule has 1 aliphatic heterocycles. The Kier molecular flexibility index (Phi) is 3.05. The van der Waals surface area contributed by atoms with Gasteiger partial charge in [-0.1, -0.05) is 6.92 Å². The summed E-state index contributed by atoms with van der Waals surface area (Å²) in [5.74, 6) is -0.956. The van der Waals surface area contributed by atoms with E-state index < -0.39 is 18.0 Å². The number of Topliss-reactive ketones (excluding diaryl/α,β-unsaturated/α-hetero) is 1. The third kappa shape index (κ3) is 2.49. The topological polar surface area (TPSA) is 55.8 Å². The van der Waals surface area contributed by atoms with Crippen molar-refractivity contribution >= 4 is 5.78 Å². The molecule has 1 saturated heterocycles. The van der Waals surface area contributed by atoms with E-state index in [-0.39, 0.29) is 12.4 Å². The van der Waals surface area contributed by atoms with Crippen LogP contribution in [0.5, 0.6) is 0 Å². The molecule has 4 nitrogen and oxygen atoms in total. The van der Waals surface area contributed by atoms with Gasteiger partial charge in [0.15, 0.2) is 11.6 Å². The van der Waals surface area contributed by atoms with E-state index in [1.165, 1.54) is 0 Å². The molecule has 1 heterocycles. The lowest BCUT2D eigenvalue weighted by Crippen LogP contribution is -2.51. The number of carbonyl (C=O) groups is 1. The molecule has 0 amide bonds. The highest BCUT2D eigenvalue weighted by molar-refractivity contribution is 5.85. The lowest BCUT2D eigenvalue weighted by molar-refractivity contribution is -0.270. The first-order chi connectivity index (χ1) is 5.96. The van der Waals surface area contributed by atoms with Crippen LogP contribution in [-0.2, 0) is 14.3 Å². The molecule has 1 aliphatic rings. The van der Waals surface area contributed by atoms with Crippen molar-refractivity contribution < 1.29 is 19.4 Å². The Labute approximate surface area is 77.8 Å². The Hall–Kier alpha value is -0.450. The van der Waals surface area contributed by atoms with Gasteiger partial charge in [0.25, 0.3) is 0 Å². The van der Waals surface area contributed by atoms with Crippen molar-refractivity contribution in [3.05, 3.63) is 0 Å². The SMILES string of the molecule is CC[C@H](O)C1OC(C)(C)OCC1=O. The van der Waals surface area contributed by atoms with Crippen molar-refractivity contribution in [1.82, 2.24) is 0 Å². The maximum atomic E-state index is 11.3. The molecule has 4 heteroatoms. The highest BCUT2D eigenvalue weighted by atomic mass is 16.7. The summed E-state index contributed by atoms with van der Waals surface area (Å²) in [6.07, 6.45) is -0.948. The van der Waals surface area contributed by atoms with E-state index in [0.29, 0.717) is 6.42 Å². The van der Waals surface area contributed by atoms with Crippen molar-refractivity contribution in [1.29, 1.82) is 0 Å². The molecule has 1 N–H and O–H groups in total. The average Bonchev–Trinajstić information content (AvgIpc) is 2.08. The molecule has 1 fully saturated rings. The second-order valence-electron chi connectivity index (χ2n) is 3.67. The smallest absolute Gasteiger partial charge is 0.190 e. The van der Waals surface area contributed by atoms with Crippen molar-refractivity contribution in [2.24, 2.45) is 0 Å². The van der Waals surface area contributed by atoms with Gasteiger partial charge in [0.1, 0.15) is 12.7 Å². The molecule has 0 aromatic heterocycles. The second-order valence-corrected chi connectivity index (χ2v) is 3.67. The molecular weight excluding hydrogens is 172 g/mol. The van der Waals surface area contributed by atoms with Gasteiger partial charge in [-0.2, -0.15) is 0 Å². The number of hydrogen-bond donors (Lipinski definition) is 1. The Morgan fingerprint density at radius 2 is 2.31 bits per heavy atom. The van der Waals surface area contributed by atoms with E-state index in [4.69, 9.17) is 9.47 Å². The minimum absolute atomic E-state index is 0.0225. The third-order valence-electron chi connectivity index (χ3n) is 2.06. The summed E-state index contributed by atoms with van der Waals surface area (Å²) >= 11 is 0. The predicted octanol–water partition coefficient (Wildman–Crippen LogP) is 0.478. The van der Waals surface area contributed by atoms with Crippen LogP contribution in [0.25, 0.3) is 0 Å². The van der Waals surface area contributed by atoms with Gasteiger partial charge in [-0.15, -0.1) is 0 Å². The van der Waals surface area contributed by atoms with Crippen molar-refractivity contribution in [2.75, 3.05) is 6.61 Å². The first-order valence-corrected chi connectivity index (χ1v) is 4.49. The standard InChI is InChI=1S/C9H16O4/c1-4-6(10)8-7(11)5-12-9(2,3)13-8/h6,8,10H,4-5H2,1-3H3/t6-,8?/m0/s1. The Bertz CT molecular complexity index is 200. The molecule has 2 atom stereocenters. The molecule has 0 bridgehead atoms. The van der Waals surface area contributed by atoms with Gasteiger partial charge >= 0.3 is 0 Å². The summed E-state index contributed by atoms with van der Waals surface area (Å²) in [4.78, 5) is 11.3. The van der Waals surface area contributed by atoms with Crippen LogP contribution in [0.2, 0.25) is 0 Å². The average molecular weight is 188 g/mol. The lowest BCUT2D eigenvalue weighted by Gasteiger charge is -2.36. The minimum atomic E-state index is -0.769. The fraction of sp³-hybridized carbons (Fsp3) is 0.889. The van der Waals surface area contributed by atoms with Crippen LogP contribution < -0.4 is 0 Å². The van der Waals surface area contributed by atoms with Gasteiger partial charge in [-0.25, -0.2) is 0 Å². The summed E-state index contributed by atoms with van der Waals surface area (Å²) in [6, 6.07) is 0. The van der Waals surface area contributed by atoms with Crippen LogP contribution in [-0.4, -0.2) is 35.5 Å². The van der Waals surface area contributed by atoms with E-state index in [9.17, 15) is 9.90 Å². The van der Waals surface area contributed by atoms with E-state index in [1.807, 2.05) is 6.92 Å². The number of aliphatic hydroxyl groups excluding tert-OH is 1. The fourth-order valence-corrected chi connectivity index (χ4v) is 1.24. The van der Waals surface area contributed by atoms with Gasteiger partial charge < -0.3 is 14.6 Å². The summed E-state index contributed by atoms with van der Waals surface area (Å²) in [7, 11) is 0. The highest BCUT2D eigenvalue weighted by Crippen LogP contribution is 2.22. The third-order valence-corrected chi connectivity index (χ3v) is 2.06. The van der Waals surface area contributed by atoms with Crippen molar-refractivity contribution in [2.45, 2.75) is 45.2 Å². The van der Waals surface area contributed by atoms with Gasteiger partial charge in [0.2, 0.25) is 0 Å². The number of ketones is 1. The molecular formula is C9H16O4. The van der Waals surface area contributed by atoms with Crippen LogP contribution in [0.1, 0.15) is 27.2 Å². The minimum Gasteiger partial charge on any atom is -0.390 e. The zero-order valence-electron chi connectivity index (χ0n) is 8.24. The van der Waals surface area contributed by atoms with Crippen molar-refractivity contribution in [3.8, 4) is 0 Å². The first-order valence-electron chi connectivity index (χ1n) is 4.49. The first kappa shape index (κ1) is 10.6. The quantitative estimate of drug-likeness (QED) is 0.684. The van der Waals surface area contributed by atoms with E-state index >= 15 is 0 Å².